The Labute approximate surface area is 200 Å². The van der Waals surface area contributed by atoms with Crippen LogP contribution in [0.4, 0.5) is 5.69 Å². The number of ketones is 1. The summed E-state index contributed by atoms with van der Waals surface area (Å²) in [5, 5.41) is 0. The molecule has 0 bridgehead atoms. The Balaban J connectivity index is 1.37. The molecule has 0 saturated carbocycles. The Morgan fingerprint density at radius 3 is 2.53 bits per heavy atom. The summed E-state index contributed by atoms with van der Waals surface area (Å²) in [6.45, 7) is 5.49. The predicted octanol–water partition coefficient (Wildman–Crippen LogP) is 4.21. The third-order valence-corrected chi connectivity index (χ3v) is 6.37. The molecule has 0 aromatic heterocycles. The number of fused-ring (bicyclic) bond motifs is 1. The van der Waals surface area contributed by atoms with E-state index in [1.165, 1.54) is 7.11 Å². The van der Waals surface area contributed by atoms with E-state index in [4.69, 9.17) is 14.2 Å². The number of nitrogens with zero attached hydrogens (tertiary/aromatic N) is 1. The number of carbonyl (C=O) groups excluding carboxylic acids is 3. The van der Waals surface area contributed by atoms with Crippen molar-refractivity contribution in [3.63, 3.8) is 0 Å². The van der Waals surface area contributed by atoms with Crippen molar-refractivity contribution in [3.8, 4) is 11.5 Å². The molecule has 0 N–H and O–H groups in total. The predicted molar refractivity (Wildman–Crippen MR) is 127 cm³/mol. The molecule has 1 fully saturated rings. The summed E-state index contributed by atoms with van der Waals surface area (Å²) in [6, 6.07) is 12.8. The van der Waals surface area contributed by atoms with Crippen LogP contribution in [0.25, 0.3) is 0 Å². The molecule has 2 aromatic rings. The Morgan fingerprint density at radius 1 is 1.09 bits per heavy atom. The highest BCUT2D eigenvalue weighted by Gasteiger charge is 2.37. The summed E-state index contributed by atoms with van der Waals surface area (Å²) in [7, 11) is 1.32. The van der Waals surface area contributed by atoms with Crippen LogP contribution in [0.2, 0.25) is 0 Å². The molecule has 7 nitrogen and oxygen atoms in total. The van der Waals surface area contributed by atoms with E-state index in [1.54, 1.807) is 11.0 Å². The lowest BCUT2D eigenvalue weighted by Gasteiger charge is -2.18. The molecule has 2 aliphatic rings. The van der Waals surface area contributed by atoms with Gasteiger partial charge in [-0.2, -0.15) is 0 Å². The van der Waals surface area contributed by atoms with E-state index in [0.717, 1.165) is 17.7 Å². The number of hydrogen-bond donors (Lipinski definition) is 0. The second kappa shape index (κ2) is 10.3. The zero-order chi connectivity index (χ0) is 24.2. The minimum absolute atomic E-state index is 0.0689. The number of carbonyl (C=O) groups is 3. The molecule has 4 rings (SSSR count). The number of methoxy groups -OCH3 is 1. The van der Waals surface area contributed by atoms with Crippen molar-refractivity contribution < 1.29 is 28.6 Å². The van der Waals surface area contributed by atoms with E-state index >= 15 is 0 Å². The summed E-state index contributed by atoms with van der Waals surface area (Å²) in [5.74, 6) is 0.985. The van der Waals surface area contributed by atoms with E-state index < -0.39 is 18.0 Å². The van der Waals surface area contributed by atoms with Crippen LogP contribution in [0.15, 0.2) is 42.5 Å². The van der Waals surface area contributed by atoms with Crippen molar-refractivity contribution in [1.82, 2.24) is 0 Å². The molecule has 34 heavy (non-hydrogen) atoms. The van der Waals surface area contributed by atoms with E-state index in [0.29, 0.717) is 48.9 Å². The molecule has 180 valence electrons. The molecule has 1 aliphatic heterocycles. The van der Waals surface area contributed by atoms with E-state index in [9.17, 15) is 14.4 Å². The van der Waals surface area contributed by atoms with Gasteiger partial charge in [-0.05, 0) is 60.7 Å². The maximum atomic E-state index is 13.0. The molecule has 2 atom stereocenters. The van der Waals surface area contributed by atoms with Crippen molar-refractivity contribution in [2.45, 2.75) is 45.6 Å². The molecule has 0 radical (unpaired) electrons. The highest BCUT2D eigenvalue weighted by molar-refractivity contribution is 6.06. The quantitative estimate of drug-likeness (QED) is 0.516. The first-order valence-corrected chi connectivity index (χ1v) is 11.8. The molecule has 1 amide bonds. The largest absolute Gasteiger partial charge is 0.494 e. The van der Waals surface area contributed by atoms with Gasteiger partial charge in [0.2, 0.25) is 0 Å². The van der Waals surface area contributed by atoms with Gasteiger partial charge in [-0.15, -0.1) is 0 Å². The number of Topliss-reactive ketones (excluding diaryl/α,β-unsaturated/α-hetero) is 1. The van der Waals surface area contributed by atoms with Crippen LogP contribution in [-0.2, 0) is 20.7 Å². The molecule has 1 heterocycles. The smallest absolute Gasteiger partial charge is 0.306 e. The van der Waals surface area contributed by atoms with Crippen LogP contribution >= 0.6 is 0 Å². The molecule has 2 aromatic carbocycles. The highest BCUT2D eigenvalue weighted by atomic mass is 16.5. The van der Waals surface area contributed by atoms with Gasteiger partial charge in [-0.3, -0.25) is 14.4 Å². The van der Waals surface area contributed by atoms with Gasteiger partial charge in [0.15, 0.2) is 11.9 Å². The summed E-state index contributed by atoms with van der Waals surface area (Å²) in [5.41, 5.74) is 2.16. The van der Waals surface area contributed by atoms with Crippen molar-refractivity contribution in [3.05, 3.63) is 53.6 Å². The van der Waals surface area contributed by atoms with Gasteiger partial charge in [0, 0.05) is 30.1 Å². The van der Waals surface area contributed by atoms with Gasteiger partial charge >= 0.3 is 5.97 Å². The molecule has 1 saturated heterocycles. The number of ether oxygens (including phenoxy) is 3. The van der Waals surface area contributed by atoms with Crippen molar-refractivity contribution in [2.75, 3.05) is 25.2 Å². The average molecular weight is 466 g/mol. The number of hydrogen-bond acceptors (Lipinski definition) is 6. The highest BCUT2D eigenvalue weighted by Crippen LogP contribution is 2.34. The summed E-state index contributed by atoms with van der Waals surface area (Å²) >= 11 is 0. The second-order valence-corrected chi connectivity index (χ2v) is 9.27. The number of amides is 1. The molecule has 2 unspecified atom stereocenters. The lowest BCUT2D eigenvalue weighted by Crippen LogP contribution is -2.32. The third kappa shape index (κ3) is 5.24. The van der Waals surface area contributed by atoms with Gasteiger partial charge in [-0.25, -0.2) is 0 Å². The second-order valence-electron chi connectivity index (χ2n) is 9.27. The van der Waals surface area contributed by atoms with E-state index in [2.05, 4.69) is 13.8 Å². The van der Waals surface area contributed by atoms with Crippen LogP contribution < -0.4 is 14.4 Å². The van der Waals surface area contributed by atoms with Crippen LogP contribution in [0.3, 0.4) is 0 Å². The van der Waals surface area contributed by atoms with Gasteiger partial charge in [0.25, 0.3) is 5.91 Å². The normalized spacial score (nSPS) is 19.5. The minimum atomic E-state index is -0.580. The Bertz CT molecular complexity index is 1060. The summed E-state index contributed by atoms with van der Waals surface area (Å²) in [4.78, 5) is 39.1. The number of rotatable bonds is 9. The first-order valence-electron chi connectivity index (χ1n) is 11.8. The fourth-order valence-electron chi connectivity index (χ4n) is 4.38. The Kier molecular flexibility index (Phi) is 7.20. The maximum Gasteiger partial charge on any atom is 0.306 e. The van der Waals surface area contributed by atoms with E-state index in [-0.39, 0.29) is 18.1 Å². The van der Waals surface area contributed by atoms with Crippen molar-refractivity contribution in [1.29, 1.82) is 0 Å². The zero-order valence-electron chi connectivity index (χ0n) is 19.9. The van der Waals surface area contributed by atoms with Crippen LogP contribution in [0.5, 0.6) is 11.5 Å². The Hall–Kier alpha value is -3.35. The fourth-order valence-corrected chi connectivity index (χ4v) is 4.38. The van der Waals surface area contributed by atoms with Crippen molar-refractivity contribution in [2.24, 2.45) is 11.8 Å². The standard InChI is InChI=1S/C27H31NO6/c1-17(2)11-13-33-21-6-8-22(9-7-21)34-24-10-12-28(27(24)31)20-5-4-18-14-19(15-25(29)32-3)26(30)23(18)16-20/h4-9,16-17,19,24H,10-15H2,1-3H3. The first kappa shape index (κ1) is 23.8. The fraction of sp³-hybridized carbons (Fsp3) is 0.444. The van der Waals surface area contributed by atoms with Crippen molar-refractivity contribution >= 4 is 23.3 Å². The van der Waals surface area contributed by atoms with Crippen LogP contribution in [0, 0.1) is 11.8 Å². The molecular weight excluding hydrogens is 434 g/mol. The van der Waals surface area contributed by atoms with Gasteiger partial charge in [0.05, 0.1) is 20.1 Å². The molecule has 0 spiro atoms. The monoisotopic (exact) mass is 465 g/mol. The number of esters is 1. The topological polar surface area (TPSA) is 82.1 Å². The molecular formula is C27H31NO6. The average Bonchev–Trinajstić information content (AvgIpc) is 3.33. The summed E-state index contributed by atoms with van der Waals surface area (Å²) < 4.78 is 16.4. The van der Waals surface area contributed by atoms with Gasteiger partial charge < -0.3 is 19.1 Å². The zero-order valence-corrected chi connectivity index (χ0v) is 19.9. The van der Waals surface area contributed by atoms with Gasteiger partial charge in [0.1, 0.15) is 11.5 Å². The molecule has 1 aliphatic carbocycles. The Morgan fingerprint density at radius 2 is 1.82 bits per heavy atom. The molecule has 7 heteroatoms. The lowest BCUT2D eigenvalue weighted by molar-refractivity contribution is -0.141. The van der Waals surface area contributed by atoms with E-state index in [1.807, 2.05) is 36.4 Å². The maximum absolute atomic E-state index is 13.0. The number of anilines is 1. The summed E-state index contributed by atoms with van der Waals surface area (Å²) in [6.07, 6.45) is 1.55. The van der Waals surface area contributed by atoms with Crippen LogP contribution in [0.1, 0.15) is 49.0 Å². The SMILES string of the molecule is COC(=O)CC1Cc2ccc(N3CCC(Oc4ccc(OCCC(C)C)cc4)C3=O)cc2C1=O. The number of benzene rings is 2. The van der Waals surface area contributed by atoms with Crippen LogP contribution in [-0.4, -0.2) is 44.0 Å². The lowest BCUT2D eigenvalue weighted by atomic mass is 10.0. The first-order chi connectivity index (χ1) is 16.4. The third-order valence-electron chi connectivity index (χ3n) is 6.37. The van der Waals surface area contributed by atoms with Gasteiger partial charge in [-0.1, -0.05) is 19.9 Å². The minimum Gasteiger partial charge on any atom is -0.494 e.